The van der Waals surface area contributed by atoms with Gasteiger partial charge in [-0.1, -0.05) is 24.3 Å². The van der Waals surface area contributed by atoms with Crippen LogP contribution in [0.1, 0.15) is 29.8 Å². The summed E-state index contributed by atoms with van der Waals surface area (Å²) < 4.78 is 0. The van der Waals surface area contributed by atoms with E-state index in [1.54, 1.807) is 0 Å². The highest BCUT2D eigenvalue weighted by molar-refractivity contribution is 8.00. The molecule has 1 aromatic heterocycles. The Morgan fingerprint density at radius 1 is 1.04 bits per heavy atom. The molecular weight excluding hydrogens is 300 g/mol. The van der Waals surface area contributed by atoms with Gasteiger partial charge in [0.25, 0.3) is 0 Å². The molecule has 0 bridgehead atoms. The minimum absolute atomic E-state index is 0.768. The number of aryl methyl sites for hydroxylation is 2. The third kappa shape index (κ3) is 4.82. The zero-order valence-electron chi connectivity index (χ0n) is 14.2. The second kappa shape index (κ2) is 7.98. The van der Waals surface area contributed by atoms with Gasteiger partial charge in [0.15, 0.2) is 0 Å². The second-order valence-electron chi connectivity index (χ2n) is 6.44. The molecule has 1 saturated heterocycles. The maximum atomic E-state index is 4.61. The molecule has 0 saturated carbocycles. The van der Waals surface area contributed by atoms with Gasteiger partial charge in [0.05, 0.1) is 0 Å². The number of rotatable bonds is 5. The summed E-state index contributed by atoms with van der Waals surface area (Å²) in [4.78, 5) is 8.66. The van der Waals surface area contributed by atoms with Gasteiger partial charge in [0.2, 0.25) is 0 Å². The number of aromatic nitrogens is 1. The van der Waals surface area contributed by atoms with E-state index in [4.69, 9.17) is 0 Å². The van der Waals surface area contributed by atoms with Gasteiger partial charge in [-0.05, 0) is 63.5 Å². The zero-order valence-corrected chi connectivity index (χ0v) is 15.0. The van der Waals surface area contributed by atoms with Crippen molar-refractivity contribution >= 4 is 11.8 Å². The van der Waals surface area contributed by atoms with Crippen LogP contribution in [0.5, 0.6) is 0 Å². The molecule has 0 spiro atoms. The molecule has 1 fully saturated rings. The molecule has 1 aromatic carbocycles. The third-order valence-electron chi connectivity index (χ3n) is 4.55. The summed E-state index contributed by atoms with van der Waals surface area (Å²) in [5.41, 5.74) is 3.75. The van der Waals surface area contributed by atoms with Crippen molar-refractivity contribution < 1.29 is 0 Å². The maximum Gasteiger partial charge on any atom is 0.0419 e. The lowest BCUT2D eigenvalue weighted by Crippen LogP contribution is -2.36. The van der Waals surface area contributed by atoms with Crippen LogP contribution in [0.4, 0.5) is 0 Å². The van der Waals surface area contributed by atoms with E-state index in [1.165, 1.54) is 42.1 Å². The first-order chi connectivity index (χ1) is 11.2. The lowest BCUT2D eigenvalue weighted by molar-refractivity contribution is 0.235. The molecule has 0 aliphatic carbocycles. The van der Waals surface area contributed by atoms with Gasteiger partial charge >= 0.3 is 0 Å². The van der Waals surface area contributed by atoms with Crippen LogP contribution in [0, 0.1) is 13.8 Å². The van der Waals surface area contributed by atoms with Gasteiger partial charge in [0, 0.05) is 34.5 Å². The SMILES string of the molecule is Cc1cccc(CCN2CCC(Sc3ccccc3C)CC2)n1. The topological polar surface area (TPSA) is 16.1 Å². The van der Waals surface area contributed by atoms with E-state index in [2.05, 4.69) is 78.0 Å². The molecular formula is C20H26N2S. The predicted octanol–water partition coefficient (Wildman–Crippen LogP) is 4.50. The molecule has 0 N–H and O–H groups in total. The van der Waals surface area contributed by atoms with Gasteiger partial charge in [0.1, 0.15) is 0 Å². The number of nitrogens with zero attached hydrogens (tertiary/aromatic N) is 2. The first kappa shape index (κ1) is 16.5. The Morgan fingerprint density at radius 3 is 2.57 bits per heavy atom. The van der Waals surface area contributed by atoms with Crippen LogP contribution in [-0.4, -0.2) is 34.8 Å². The summed E-state index contributed by atoms with van der Waals surface area (Å²) in [6.45, 7) is 7.85. The summed E-state index contributed by atoms with van der Waals surface area (Å²) in [7, 11) is 0. The molecule has 0 unspecified atom stereocenters. The standard InChI is InChI=1S/C20H26N2S/c1-16-6-3-4-9-20(16)23-19-11-14-22(15-12-19)13-10-18-8-5-7-17(2)21-18/h3-9,19H,10-15H2,1-2H3. The van der Waals surface area contributed by atoms with Crippen LogP contribution in [0.3, 0.4) is 0 Å². The van der Waals surface area contributed by atoms with E-state index in [0.29, 0.717) is 0 Å². The van der Waals surface area contributed by atoms with Crippen molar-refractivity contribution in [3.05, 3.63) is 59.4 Å². The average Bonchev–Trinajstić information content (AvgIpc) is 2.56. The number of likely N-dealkylation sites (tertiary alicyclic amines) is 1. The molecule has 1 aliphatic rings. The van der Waals surface area contributed by atoms with E-state index in [0.717, 1.165) is 23.9 Å². The van der Waals surface area contributed by atoms with Crippen LogP contribution in [0.15, 0.2) is 47.4 Å². The van der Waals surface area contributed by atoms with E-state index >= 15 is 0 Å². The van der Waals surface area contributed by atoms with Crippen molar-refractivity contribution in [2.75, 3.05) is 19.6 Å². The molecule has 2 aromatic rings. The van der Waals surface area contributed by atoms with Crippen molar-refractivity contribution in [1.29, 1.82) is 0 Å². The zero-order chi connectivity index (χ0) is 16.1. The molecule has 0 amide bonds. The van der Waals surface area contributed by atoms with Crippen LogP contribution >= 0.6 is 11.8 Å². The van der Waals surface area contributed by atoms with Crippen molar-refractivity contribution in [3.63, 3.8) is 0 Å². The monoisotopic (exact) mass is 326 g/mol. The minimum Gasteiger partial charge on any atom is -0.303 e. The fourth-order valence-corrected chi connectivity index (χ4v) is 4.35. The number of piperidine rings is 1. The molecule has 23 heavy (non-hydrogen) atoms. The highest BCUT2D eigenvalue weighted by Crippen LogP contribution is 2.32. The summed E-state index contributed by atoms with van der Waals surface area (Å²) in [6, 6.07) is 15.1. The predicted molar refractivity (Wildman–Crippen MR) is 99.2 cm³/mol. The Kier molecular flexibility index (Phi) is 5.74. The molecule has 3 heteroatoms. The van der Waals surface area contributed by atoms with E-state index < -0.39 is 0 Å². The average molecular weight is 327 g/mol. The van der Waals surface area contributed by atoms with Crippen molar-refractivity contribution in [3.8, 4) is 0 Å². The molecule has 122 valence electrons. The van der Waals surface area contributed by atoms with Gasteiger partial charge < -0.3 is 4.90 Å². The molecule has 3 rings (SSSR count). The molecule has 0 radical (unpaired) electrons. The molecule has 1 aliphatic heterocycles. The fourth-order valence-electron chi connectivity index (χ4n) is 3.13. The van der Waals surface area contributed by atoms with Crippen molar-refractivity contribution in [1.82, 2.24) is 9.88 Å². The minimum atomic E-state index is 0.768. The quantitative estimate of drug-likeness (QED) is 0.805. The number of pyridine rings is 1. The lowest BCUT2D eigenvalue weighted by Gasteiger charge is -2.31. The third-order valence-corrected chi connectivity index (χ3v) is 6.07. The fraction of sp³-hybridized carbons (Fsp3) is 0.450. The van der Waals surface area contributed by atoms with E-state index in [1.807, 2.05) is 0 Å². The second-order valence-corrected chi connectivity index (χ2v) is 7.79. The van der Waals surface area contributed by atoms with Gasteiger partial charge in [-0.2, -0.15) is 0 Å². The van der Waals surface area contributed by atoms with Crippen LogP contribution in [-0.2, 0) is 6.42 Å². The Morgan fingerprint density at radius 2 is 1.83 bits per heavy atom. The van der Waals surface area contributed by atoms with Crippen LogP contribution in [0.2, 0.25) is 0 Å². The van der Waals surface area contributed by atoms with Crippen molar-refractivity contribution in [2.24, 2.45) is 0 Å². The summed E-state index contributed by atoms with van der Waals surface area (Å²) in [5, 5.41) is 0.768. The summed E-state index contributed by atoms with van der Waals surface area (Å²) in [5.74, 6) is 0. The van der Waals surface area contributed by atoms with Gasteiger partial charge in [-0.3, -0.25) is 4.98 Å². The van der Waals surface area contributed by atoms with Gasteiger partial charge in [-0.15, -0.1) is 11.8 Å². The Labute approximate surface area is 144 Å². The maximum absolute atomic E-state index is 4.61. The number of thioether (sulfide) groups is 1. The molecule has 0 atom stereocenters. The Balaban J connectivity index is 1.44. The summed E-state index contributed by atoms with van der Waals surface area (Å²) in [6.07, 6.45) is 3.65. The molecule has 2 heterocycles. The molecule has 2 nitrogen and oxygen atoms in total. The number of hydrogen-bond acceptors (Lipinski definition) is 3. The van der Waals surface area contributed by atoms with Crippen LogP contribution < -0.4 is 0 Å². The van der Waals surface area contributed by atoms with E-state index in [-0.39, 0.29) is 0 Å². The largest absolute Gasteiger partial charge is 0.303 e. The first-order valence-corrected chi connectivity index (χ1v) is 9.46. The van der Waals surface area contributed by atoms with Gasteiger partial charge in [-0.25, -0.2) is 0 Å². The van der Waals surface area contributed by atoms with E-state index in [9.17, 15) is 0 Å². The Bertz CT molecular complexity index is 633. The smallest absolute Gasteiger partial charge is 0.0419 e. The number of hydrogen-bond donors (Lipinski definition) is 0. The number of benzene rings is 1. The normalized spacial score (nSPS) is 16.6. The van der Waals surface area contributed by atoms with Crippen LogP contribution in [0.25, 0.3) is 0 Å². The Hall–Kier alpha value is -1.32. The highest BCUT2D eigenvalue weighted by Gasteiger charge is 2.20. The highest BCUT2D eigenvalue weighted by atomic mass is 32.2. The van der Waals surface area contributed by atoms with Crippen molar-refractivity contribution in [2.45, 2.75) is 43.3 Å². The summed E-state index contributed by atoms with van der Waals surface area (Å²) >= 11 is 2.07. The first-order valence-electron chi connectivity index (χ1n) is 8.58. The lowest BCUT2D eigenvalue weighted by atomic mass is 10.1.